The Bertz CT molecular complexity index is 832. The van der Waals surface area contributed by atoms with E-state index in [1.807, 2.05) is 43.3 Å². The number of primary amides is 1. The largest absolute Gasteiger partial charge is 0.371 e. The molecule has 6 nitrogen and oxygen atoms in total. The number of carbonyl (C=O) groups excluding carboxylic acids is 2. The van der Waals surface area contributed by atoms with Gasteiger partial charge in [-0.3, -0.25) is 9.59 Å². The highest BCUT2D eigenvalue weighted by Crippen LogP contribution is 2.28. The van der Waals surface area contributed by atoms with Gasteiger partial charge in [-0.15, -0.1) is 0 Å². The number of amides is 2. The first-order valence-corrected chi connectivity index (χ1v) is 9.77. The SMILES string of the molecule is CC(C(=O)Nc1ccc(C(N)=O)c(N2CCCCC2)c1)C(N)c1ccccc1. The van der Waals surface area contributed by atoms with Crippen LogP contribution in [0.2, 0.25) is 0 Å². The standard InChI is InChI=1S/C22H28N4O2/c1-15(20(23)16-8-4-2-5-9-16)22(28)25-17-10-11-18(21(24)27)19(14-17)26-12-6-3-7-13-26/h2,4-5,8-11,14-15,20H,3,6-7,12-13,23H2,1H3,(H2,24,27)(H,25,28). The van der Waals surface area contributed by atoms with Gasteiger partial charge in [-0.2, -0.15) is 0 Å². The van der Waals surface area contributed by atoms with E-state index in [1.165, 1.54) is 6.42 Å². The van der Waals surface area contributed by atoms with Gasteiger partial charge in [0.1, 0.15) is 0 Å². The van der Waals surface area contributed by atoms with E-state index in [0.717, 1.165) is 37.2 Å². The third kappa shape index (κ3) is 4.51. The summed E-state index contributed by atoms with van der Waals surface area (Å²) < 4.78 is 0. The molecule has 3 rings (SSSR count). The van der Waals surface area contributed by atoms with E-state index in [1.54, 1.807) is 12.1 Å². The Hall–Kier alpha value is -2.86. The highest BCUT2D eigenvalue weighted by atomic mass is 16.2. The van der Waals surface area contributed by atoms with Crippen LogP contribution in [0.1, 0.15) is 48.1 Å². The lowest BCUT2D eigenvalue weighted by molar-refractivity contribution is -0.120. The van der Waals surface area contributed by atoms with Gasteiger partial charge in [0.25, 0.3) is 5.91 Å². The molecule has 1 saturated heterocycles. The predicted octanol–water partition coefficient (Wildman–Crippen LogP) is 3.05. The molecule has 2 atom stereocenters. The van der Waals surface area contributed by atoms with Crippen LogP contribution < -0.4 is 21.7 Å². The number of nitrogens with zero attached hydrogens (tertiary/aromatic N) is 1. The van der Waals surface area contributed by atoms with Crippen molar-refractivity contribution in [1.82, 2.24) is 0 Å². The average molecular weight is 380 g/mol. The van der Waals surface area contributed by atoms with Crippen LogP contribution >= 0.6 is 0 Å². The third-order valence-corrected chi connectivity index (χ3v) is 5.36. The molecule has 0 aliphatic carbocycles. The van der Waals surface area contributed by atoms with E-state index in [4.69, 9.17) is 11.5 Å². The van der Waals surface area contributed by atoms with Crippen LogP contribution in [0.25, 0.3) is 0 Å². The lowest BCUT2D eigenvalue weighted by Crippen LogP contribution is -2.32. The van der Waals surface area contributed by atoms with Crippen molar-refractivity contribution in [1.29, 1.82) is 0 Å². The maximum atomic E-state index is 12.7. The fourth-order valence-corrected chi connectivity index (χ4v) is 3.60. The number of hydrogen-bond acceptors (Lipinski definition) is 4. The minimum absolute atomic E-state index is 0.159. The first-order chi connectivity index (χ1) is 13.5. The third-order valence-electron chi connectivity index (χ3n) is 5.36. The topological polar surface area (TPSA) is 101 Å². The van der Waals surface area contributed by atoms with Gasteiger partial charge in [0, 0.05) is 24.8 Å². The molecule has 148 valence electrons. The lowest BCUT2D eigenvalue weighted by Gasteiger charge is -2.30. The summed E-state index contributed by atoms with van der Waals surface area (Å²) in [6.07, 6.45) is 3.35. The molecule has 0 saturated carbocycles. The smallest absolute Gasteiger partial charge is 0.250 e. The fraction of sp³-hybridized carbons (Fsp3) is 0.364. The van der Waals surface area contributed by atoms with E-state index >= 15 is 0 Å². The minimum Gasteiger partial charge on any atom is -0.371 e. The second-order valence-corrected chi connectivity index (χ2v) is 7.36. The molecule has 0 aromatic heterocycles. The number of nitrogens with one attached hydrogen (secondary N) is 1. The van der Waals surface area contributed by atoms with Gasteiger partial charge < -0.3 is 21.7 Å². The Labute approximate surface area is 165 Å². The summed E-state index contributed by atoms with van der Waals surface area (Å²) >= 11 is 0. The Kier molecular flexibility index (Phi) is 6.31. The van der Waals surface area contributed by atoms with Crippen molar-refractivity contribution in [2.24, 2.45) is 17.4 Å². The Morgan fingerprint density at radius 1 is 1.04 bits per heavy atom. The van der Waals surface area contributed by atoms with Crippen molar-refractivity contribution >= 4 is 23.2 Å². The zero-order valence-electron chi connectivity index (χ0n) is 16.2. The normalized spacial score (nSPS) is 16.3. The van der Waals surface area contributed by atoms with E-state index in [2.05, 4.69) is 10.2 Å². The molecule has 0 spiro atoms. The molecule has 0 bridgehead atoms. The van der Waals surface area contributed by atoms with Crippen LogP contribution in [-0.2, 0) is 4.79 Å². The summed E-state index contributed by atoms with van der Waals surface area (Å²) in [5, 5.41) is 2.94. The zero-order chi connectivity index (χ0) is 20.1. The molecule has 2 amide bonds. The number of nitrogens with two attached hydrogens (primary N) is 2. The predicted molar refractivity (Wildman–Crippen MR) is 112 cm³/mol. The minimum atomic E-state index is -0.460. The number of anilines is 2. The second kappa shape index (κ2) is 8.89. The molecule has 2 aromatic rings. The molecule has 1 aliphatic heterocycles. The molecule has 2 aromatic carbocycles. The van der Waals surface area contributed by atoms with Gasteiger partial charge in [-0.25, -0.2) is 0 Å². The maximum Gasteiger partial charge on any atom is 0.250 e. The van der Waals surface area contributed by atoms with Crippen molar-refractivity contribution in [2.75, 3.05) is 23.3 Å². The fourth-order valence-electron chi connectivity index (χ4n) is 3.60. The highest BCUT2D eigenvalue weighted by Gasteiger charge is 2.23. The van der Waals surface area contributed by atoms with Gasteiger partial charge in [-0.1, -0.05) is 37.3 Å². The van der Waals surface area contributed by atoms with Crippen LogP contribution in [-0.4, -0.2) is 24.9 Å². The van der Waals surface area contributed by atoms with E-state index < -0.39 is 17.9 Å². The summed E-state index contributed by atoms with van der Waals surface area (Å²) in [6, 6.07) is 14.4. The van der Waals surface area contributed by atoms with Crippen molar-refractivity contribution in [3.63, 3.8) is 0 Å². The van der Waals surface area contributed by atoms with Crippen molar-refractivity contribution in [3.8, 4) is 0 Å². The molecular formula is C22H28N4O2. The molecule has 2 unspecified atom stereocenters. The number of rotatable bonds is 6. The molecular weight excluding hydrogens is 352 g/mol. The number of hydrogen-bond donors (Lipinski definition) is 3. The summed E-state index contributed by atoms with van der Waals surface area (Å²) in [4.78, 5) is 26.7. The molecule has 28 heavy (non-hydrogen) atoms. The Balaban J connectivity index is 1.77. The van der Waals surface area contributed by atoms with Gasteiger partial charge in [0.05, 0.1) is 17.2 Å². The molecule has 1 aliphatic rings. The van der Waals surface area contributed by atoms with Crippen LogP contribution in [0.15, 0.2) is 48.5 Å². The molecule has 1 heterocycles. The second-order valence-electron chi connectivity index (χ2n) is 7.36. The Morgan fingerprint density at radius 2 is 1.71 bits per heavy atom. The van der Waals surface area contributed by atoms with Gasteiger partial charge in [-0.05, 0) is 43.0 Å². The quantitative estimate of drug-likeness (QED) is 0.717. The summed E-state index contributed by atoms with van der Waals surface area (Å²) in [6.45, 7) is 3.58. The van der Waals surface area contributed by atoms with Crippen molar-refractivity contribution in [2.45, 2.75) is 32.2 Å². The molecule has 0 radical (unpaired) electrons. The maximum absolute atomic E-state index is 12.7. The van der Waals surface area contributed by atoms with Crippen molar-refractivity contribution in [3.05, 3.63) is 59.7 Å². The molecule has 5 N–H and O–H groups in total. The number of benzene rings is 2. The highest BCUT2D eigenvalue weighted by molar-refractivity contribution is 6.01. The molecule has 6 heteroatoms. The van der Waals surface area contributed by atoms with Crippen LogP contribution in [0.3, 0.4) is 0 Å². The molecule has 1 fully saturated rings. The van der Waals surface area contributed by atoms with Crippen LogP contribution in [0.5, 0.6) is 0 Å². The van der Waals surface area contributed by atoms with Gasteiger partial charge in [0.2, 0.25) is 5.91 Å². The first-order valence-electron chi connectivity index (χ1n) is 9.77. The van der Waals surface area contributed by atoms with Crippen molar-refractivity contribution < 1.29 is 9.59 Å². The summed E-state index contributed by atoms with van der Waals surface area (Å²) in [5.41, 5.74) is 14.7. The van der Waals surface area contributed by atoms with E-state index in [0.29, 0.717) is 11.3 Å². The summed E-state index contributed by atoms with van der Waals surface area (Å²) in [5.74, 6) is -1.03. The van der Waals surface area contributed by atoms with Gasteiger partial charge in [0.15, 0.2) is 0 Å². The van der Waals surface area contributed by atoms with Crippen LogP contribution in [0.4, 0.5) is 11.4 Å². The monoisotopic (exact) mass is 380 g/mol. The lowest BCUT2D eigenvalue weighted by atomic mass is 9.94. The number of piperidine rings is 1. The van der Waals surface area contributed by atoms with Gasteiger partial charge >= 0.3 is 0 Å². The average Bonchev–Trinajstić information content (AvgIpc) is 2.73. The summed E-state index contributed by atoms with van der Waals surface area (Å²) in [7, 11) is 0. The van der Waals surface area contributed by atoms with E-state index in [-0.39, 0.29) is 5.91 Å². The number of carbonyl (C=O) groups is 2. The Morgan fingerprint density at radius 3 is 2.36 bits per heavy atom. The first kappa shape index (κ1) is 19.9. The van der Waals surface area contributed by atoms with Crippen LogP contribution in [0, 0.1) is 5.92 Å². The zero-order valence-corrected chi connectivity index (χ0v) is 16.2. The van der Waals surface area contributed by atoms with E-state index in [9.17, 15) is 9.59 Å².